The summed E-state index contributed by atoms with van der Waals surface area (Å²) in [6.45, 7) is 5.23. The Morgan fingerprint density at radius 1 is 1.19 bits per heavy atom. The van der Waals surface area contributed by atoms with Gasteiger partial charge in [0.2, 0.25) is 0 Å². The predicted molar refractivity (Wildman–Crippen MR) is 119 cm³/mol. The molecule has 4 fully saturated rings. The zero-order valence-corrected chi connectivity index (χ0v) is 19.9. The molecule has 0 aromatic carbocycles. The van der Waals surface area contributed by atoms with E-state index in [1.807, 2.05) is 14.0 Å². The first-order valence-electron chi connectivity index (χ1n) is 12.6. The van der Waals surface area contributed by atoms with Gasteiger partial charge in [-0.1, -0.05) is 6.92 Å². The van der Waals surface area contributed by atoms with Crippen LogP contribution in [0.5, 0.6) is 0 Å². The van der Waals surface area contributed by atoms with E-state index in [0.29, 0.717) is 23.7 Å². The first-order valence-corrected chi connectivity index (χ1v) is 12.6. The van der Waals surface area contributed by atoms with Gasteiger partial charge < -0.3 is 14.4 Å². The van der Waals surface area contributed by atoms with E-state index in [1.165, 1.54) is 17.2 Å². The molecule has 1 aromatic rings. The van der Waals surface area contributed by atoms with Crippen molar-refractivity contribution in [3.8, 4) is 0 Å². The van der Waals surface area contributed by atoms with Crippen LogP contribution in [0.1, 0.15) is 71.6 Å². The number of methoxy groups -OCH3 is 1. The van der Waals surface area contributed by atoms with Gasteiger partial charge in [-0.2, -0.15) is 4.39 Å². The van der Waals surface area contributed by atoms with Gasteiger partial charge in [0, 0.05) is 25.4 Å². The molecule has 8 atom stereocenters. The number of aromatic nitrogens is 2. The molecule has 4 aliphatic carbocycles. The smallest absolute Gasteiger partial charge is 0.289 e. The first-order chi connectivity index (χ1) is 15.2. The number of halogens is 1. The van der Waals surface area contributed by atoms with Gasteiger partial charge >= 0.3 is 0 Å². The lowest BCUT2D eigenvalue weighted by molar-refractivity contribution is -0.175. The maximum Gasteiger partial charge on any atom is 0.289 e. The number of imidazole rings is 1. The molecule has 1 N–H and O–H groups in total. The number of Topliss-reactive ketones (excluding diaryl/α,β-unsaturated/α-hetero) is 1. The lowest BCUT2D eigenvalue weighted by Gasteiger charge is -2.62. The second-order valence-electron chi connectivity index (χ2n) is 12.0. The molecule has 6 heteroatoms. The summed E-state index contributed by atoms with van der Waals surface area (Å²) in [5.74, 6) is 2.51. The highest BCUT2D eigenvalue weighted by Crippen LogP contribution is 2.68. The summed E-state index contributed by atoms with van der Waals surface area (Å²) in [6, 6.07) is 0. The van der Waals surface area contributed by atoms with Crippen LogP contribution in [0.25, 0.3) is 0 Å². The van der Waals surface area contributed by atoms with Crippen LogP contribution in [0, 0.1) is 46.5 Å². The van der Waals surface area contributed by atoms with Crippen LogP contribution in [0.15, 0.2) is 12.4 Å². The average molecular weight is 447 g/mol. The van der Waals surface area contributed by atoms with Gasteiger partial charge in [0.15, 0.2) is 5.78 Å². The number of hydrogen-bond donors (Lipinski definition) is 1. The van der Waals surface area contributed by atoms with Gasteiger partial charge in [-0.15, -0.1) is 0 Å². The molecule has 0 radical (unpaired) electrons. The van der Waals surface area contributed by atoms with Crippen molar-refractivity contribution in [3.05, 3.63) is 18.5 Å². The van der Waals surface area contributed by atoms with Gasteiger partial charge in [-0.05, 0) is 99.2 Å². The Kier molecular flexibility index (Phi) is 5.56. The SMILES string of the molecule is COC[C@]12CC[C@@](C)(O)CC1CC[C@@H]1[C@@H]2CC[C@]2(C)[C@@H](C(=O)Cn3ccnc3F)CC[C@@H]12. The molecule has 4 aliphatic rings. The van der Waals surface area contributed by atoms with Crippen LogP contribution < -0.4 is 0 Å². The van der Waals surface area contributed by atoms with Crippen LogP contribution in [-0.4, -0.2) is 39.8 Å². The second-order valence-corrected chi connectivity index (χ2v) is 12.0. The van der Waals surface area contributed by atoms with E-state index < -0.39 is 11.7 Å². The van der Waals surface area contributed by atoms with Crippen molar-refractivity contribution in [2.75, 3.05) is 13.7 Å². The van der Waals surface area contributed by atoms with Gasteiger partial charge in [0.1, 0.15) is 0 Å². The molecule has 5 rings (SSSR count). The third-order valence-electron chi connectivity index (χ3n) is 10.4. The molecule has 4 saturated carbocycles. The molecule has 0 bridgehead atoms. The Morgan fingerprint density at radius 2 is 2.00 bits per heavy atom. The van der Waals surface area contributed by atoms with E-state index in [9.17, 15) is 14.3 Å². The van der Waals surface area contributed by atoms with Crippen molar-refractivity contribution in [3.63, 3.8) is 0 Å². The fourth-order valence-corrected chi connectivity index (χ4v) is 9.02. The number of ether oxygens (including phenoxy) is 1. The van der Waals surface area contributed by atoms with Crippen molar-refractivity contribution in [1.82, 2.24) is 9.55 Å². The summed E-state index contributed by atoms with van der Waals surface area (Å²) >= 11 is 0. The van der Waals surface area contributed by atoms with E-state index in [-0.39, 0.29) is 29.1 Å². The fraction of sp³-hybridized carbons (Fsp3) is 0.846. The van der Waals surface area contributed by atoms with Crippen molar-refractivity contribution in [1.29, 1.82) is 0 Å². The Labute approximate surface area is 191 Å². The maximum atomic E-state index is 13.8. The molecule has 32 heavy (non-hydrogen) atoms. The highest BCUT2D eigenvalue weighted by atomic mass is 19.1. The summed E-state index contributed by atoms with van der Waals surface area (Å²) < 4.78 is 21.0. The Hall–Kier alpha value is -1.27. The van der Waals surface area contributed by atoms with E-state index in [1.54, 1.807) is 6.20 Å². The van der Waals surface area contributed by atoms with E-state index in [0.717, 1.165) is 58.0 Å². The van der Waals surface area contributed by atoms with Gasteiger partial charge in [0.25, 0.3) is 6.08 Å². The van der Waals surface area contributed by atoms with Crippen molar-refractivity contribution >= 4 is 5.78 Å². The number of fused-ring (bicyclic) bond motifs is 5. The molecule has 0 saturated heterocycles. The molecular formula is C26H39FN2O3. The minimum atomic E-state index is -0.574. The molecule has 1 aromatic heterocycles. The number of nitrogens with zero attached hydrogens (tertiary/aromatic N) is 2. The standard InChI is InChI=1S/C26H39FN2O3/c1-24(31)10-11-26(16-32-3)17(14-24)4-5-18-19-6-7-21(25(19,2)9-8-20(18)26)22(30)15-29-13-12-28-23(29)27/h12-13,17-21,31H,4-11,14-16H2,1-3H3/t17?,18-,19-,20-,21+,24+,25-,26+/m0/s1. The summed E-state index contributed by atoms with van der Waals surface area (Å²) in [6.07, 6.45) is 11.8. The zero-order chi connectivity index (χ0) is 22.7. The lowest BCUT2D eigenvalue weighted by atomic mass is 9.43. The molecule has 1 unspecified atom stereocenters. The molecule has 0 aliphatic heterocycles. The van der Waals surface area contributed by atoms with Gasteiger partial charge in [-0.3, -0.25) is 4.79 Å². The van der Waals surface area contributed by atoms with Crippen LogP contribution in [-0.2, 0) is 16.1 Å². The maximum absolute atomic E-state index is 13.8. The monoisotopic (exact) mass is 446 g/mol. The summed E-state index contributed by atoms with van der Waals surface area (Å²) in [5.41, 5.74) is -0.370. The van der Waals surface area contributed by atoms with E-state index in [2.05, 4.69) is 11.9 Å². The number of carbonyl (C=O) groups is 1. The van der Waals surface area contributed by atoms with Crippen LogP contribution >= 0.6 is 0 Å². The topological polar surface area (TPSA) is 64.3 Å². The minimum Gasteiger partial charge on any atom is -0.390 e. The third-order valence-corrected chi connectivity index (χ3v) is 10.4. The second kappa shape index (κ2) is 7.90. The Bertz CT molecular complexity index is 869. The predicted octanol–water partition coefficient (Wildman–Crippen LogP) is 4.63. The van der Waals surface area contributed by atoms with Crippen molar-refractivity contribution < 1.29 is 19.0 Å². The highest BCUT2D eigenvalue weighted by molar-refractivity contribution is 5.82. The Balaban J connectivity index is 1.38. The van der Waals surface area contributed by atoms with Gasteiger partial charge in [-0.25, -0.2) is 4.98 Å². The number of rotatable bonds is 5. The van der Waals surface area contributed by atoms with E-state index in [4.69, 9.17) is 4.74 Å². The highest BCUT2D eigenvalue weighted by Gasteiger charge is 2.63. The third kappa shape index (κ3) is 3.39. The molecule has 178 valence electrons. The van der Waals surface area contributed by atoms with Gasteiger partial charge in [0.05, 0.1) is 18.8 Å². The number of carbonyl (C=O) groups excluding carboxylic acids is 1. The van der Waals surface area contributed by atoms with Crippen LogP contribution in [0.3, 0.4) is 0 Å². The van der Waals surface area contributed by atoms with E-state index >= 15 is 0 Å². The molecule has 0 amide bonds. The molecular weight excluding hydrogens is 407 g/mol. The van der Waals surface area contributed by atoms with Crippen LogP contribution in [0.2, 0.25) is 0 Å². The van der Waals surface area contributed by atoms with Crippen molar-refractivity contribution in [2.45, 2.75) is 83.8 Å². The summed E-state index contributed by atoms with van der Waals surface area (Å²) in [7, 11) is 1.83. The quantitative estimate of drug-likeness (QED) is 0.716. The fourth-order valence-electron chi connectivity index (χ4n) is 9.02. The largest absolute Gasteiger partial charge is 0.390 e. The average Bonchev–Trinajstić information content (AvgIpc) is 3.30. The molecule has 1 heterocycles. The summed E-state index contributed by atoms with van der Waals surface area (Å²) in [4.78, 5) is 16.9. The zero-order valence-electron chi connectivity index (χ0n) is 19.9. The number of ketones is 1. The first kappa shape index (κ1) is 22.5. The lowest BCUT2D eigenvalue weighted by Crippen LogP contribution is -2.58. The Morgan fingerprint density at radius 3 is 2.72 bits per heavy atom. The minimum absolute atomic E-state index is 0.0105. The normalized spacial score (nSPS) is 45.7. The summed E-state index contributed by atoms with van der Waals surface area (Å²) in [5, 5.41) is 10.8. The van der Waals surface area contributed by atoms with Crippen LogP contribution in [0.4, 0.5) is 4.39 Å². The molecule has 5 nitrogen and oxygen atoms in total. The van der Waals surface area contributed by atoms with Crippen molar-refractivity contribution in [2.24, 2.45) is 40.4 Å². The molecule has 0 spiro atoms. The number of hydrogen-bond acceptors (Lipinski definition) is 4. The number of aliphatic hydroxyl groups is 1.